The number of nitrogens with one attached hydrogen (secondary N) is 2. The predicted octanol–water partition coefficient (Wildman–Crippen LogP) is 2.52. The van der Waals surface area contributed by atoms with E-state index in [0.29, 0.717) is 16.9 Å². The topological polar surface area (TPSA) is 70.7 Å². The third-order valence-electron chi connectivity index (χ3n) is 2.88. The number of nitrogens with zero attached hydrogens (tertiary/aromatic N) is 2. The monoisotopic (exact) mass is 252 g/mol. The average molecular weight is 252 g/mol. The Bertz CT molecular complexity index is 748. The van der Waals surface area contributed by atoms with Crippen LogP contribution in [0.5, 0.6) is 0 Å². The lowest BCUT2D eigenvalue weighted by molar-refractivity contribution is 0.102. The van der Waals surface area contributed by atoms with Crippen molar-refractivity contribution in [3.63, 3.8) is 0 Å². The zero-order chi connectivity index (χ0) is 13.2. The molecule has 5 nitrogen and oxygen atoms in total. The summed E-state index contributed by atoms with van der Waals surface area (Å²) >= 11 is 0. The zero-order valence-electron chi connectivity index (χ0n) is 10.3. The number of fused-ring (bicyclic) bond motifs is 1. The molecule has 94 valence electrons. The summed E-state index contributed by atoms with van der Waals surface area (Å²) in [6.45, 7) is 1.96. The van der Waals surface area contributed by atoms with E-state index in [4.69, 9.17) is 0 Å². The molecule has 0 aliphatic rings. The van der Waals surface area contributed by atoms with E-state index in [-0.39, 0.29) is 5.91 Å². The summed E-state index contributed by atoms with van der Waals surface area (Å²) in [6, 6.07) is 9.21. The van der Waals surface area contributed by atoms with Crippen LogP contribution in [0.15, 0.2) is 42.7 Å². The molecule has 3 rings (SSSR count). The Morgan fingerprint density at radius 2 is 2.21 bits per heavy atom. The summed E-state index contributed by atoms with van der Waals surface area (Å²) in [5.41, 5.74) is 3.04. The van der Waals surface area contributed by atoms with Crippen molar-refractivity contribution in [2.24, 2.45) is 0 Å². The number of amides is 1. The van der Waals surface area contributed by atoms with Crippen LogP contribution in [0.1, 0.15) is 15.9 Å². The molecule has 0 aliphatic carbocycles. The van der Waals surface area contributed by atoms with Crippen molar-refractivity contribution < 1.29 is 4.79 Å². The van der Waals surface area contributed by atoms with Crippen LogP contribution in [0.4, 0.5) is 5.69 Å². The summed E-state index contributed by atoms with van der Waals surface area (Å²) in [6.07, 6.45) is 3.28. The third-order valence-corrected chi connectivity index (χ3v) is 2.88. The van der Waals surface area contributed by atoms with Crippen molar-refractivity contribution >= 4 is 22.6 Å². The first-order valence-electron chi connectivity index (χ1n) is 5.90. The fraction of sp³-hybridized carbons (Fsp3) is 0.0714. The van der Waals surface area contributed by atoms with Gasteiger partial charge in [0.2, 0.25) is 0 Å². The molecule has 5 heteroatoms. The zero-order valence-corrected chi connectivity index (χ0v) is 10.3. The van der Waals surface area contributed by atoms with Gasteiger partial charge in [0.15, 0.2) is 5.65 Å². The van der Waals surface area contributed by atoms with Gasteiger partial charge in [-0.15, -0.1) is 0 Å². The van der Waals surface area contributed by atoms with Crippen molar-refractivity contribution in [3.05, 3.63) is 53.9 Å². The molecule has 0 fully saturated rings. The second-order valence-corrected chi connectivity index (χ2v) is 4.31. The van der Waals surface area contributed by atoms with Crippen LogP contribution >= 0.6 is 0 Å². The highest BCUT2D eigenvalue weighted by molar-refractivity contribution is 6.08. The number of anilines is 1. The number of pyridine rings is 1. The van der Waals surface area contributed by atoms with Crippen LogP contribution in [0.2, 0.25) is 0 Å². The van der Waals surface area contributed by atoms with Gasteiger partial charge in [-0.1, -0.05) is 17.7 Å². The van der Waals surface area contributed by atoms with Crippen molar-refractivity contribution in [2.75, 3.05) is 5.32 Å². The highest BCUT2D eigenvalue weighted by Crippen LogP contribution is 2.19. The fourth-order valence-corrected chi connectivity index (χ4v) is 1.94. The van der Waals surface area contributed by atoms with Gasteiger partial charge >= 0.3 is 0 Å². The number of benzene rings is 1. The Labute approximate surface area is 109 Å². The number of carbonyl (C=O) groups excluding carboxylic acids is 1. The predicted molar refractivity (Wildman–Crippen MR) is 73.0 cm³/mol. The van der Waals surface area contributed by atoms with Crippen molar-refractivity contribution in [2.45, 2.75) is 6.92 Å². The molecule has 2 N–H and O–H groups in total. The van der Waals surface area contributed by atoms with Crippen LogP contribution in [-0.2, 0) is 0 Å². The van der Waals surface area contributed by atoms with Crippen molar-refractivity contribution in [1.82, 2.24) is 15.2 Å². The van der Waals surface area contributed by atoms with E-state index in [2.05, 4.69) is 20.5 Å². The van der Waals surface area contributed by atoms with Crippen LogP contribution in [-0.4, -0.2) is 21.1 Å². The third kappa shape index (κ3) is 2.18. The number of hydrogen-bond acceptors (Lipinski definition) is 3. The summed E-state index contributed by atoms with van der Waals surface area (Å²) < 4.78 is 0. The standard InChI is InChI=1S/C14H12N4O/c1-9-3-2-4-10(7-9)14(19)17-12-5-6-15-13-11(12)8-16-18-13/h2-8H,1H3,(H2,15,16,17,18,19). The normalized spacial score (nSPS) is 10.6. The molecule has 0 bridgehead atoms. The molecule has 0 saturated carbocycles. The van der Waals surface area contributed by atoms with Gasteiger partial charge in [0.05, 0.1) is 17.3 Å². The van der Waals surface area contributed by atoms with Gasteiger partial charge in [-0.25, -0.2) is 4.98 Å². The Hall–Kier alpha value is -2.69. The van der Waals surface area contributed by atoms with Gasteiger partial charge in [0, 0.05) is 11.8 Å². The molecule has 1 amide bonds. The maximum Gasteiger partial charge on any atom is 0.255 e. The van der Waals surface area contributed by atoms with E-state index in [1.54, 1.807) is 24.5 Å². The summed E-state index contributed by atoms with van der Waals surface area (Å²) in [4.78, 5) is 16.3. The molecule has 2 heterocycles. The molecular formula is C14H12N4O. The number of rotatable bonds is 2. The van der Waals surface area contributed by atoms with Gasteiger partial charge < -0.3 is 5.32 Å². The SMILES string of the molecule is Cc1cccc(C(=O)Nc2ccnc3[nH]ncc23)c1. The lowest BCUT2D eigenvalue weighted by atomic mass is 10.1. The molecule has 1 aromatic carbocycles. The first kappa shape index (κ1) is 11.4. The minimum Gasteiger partial charge on any atom is -0.321 e. The summed E-state index contributed by atoms with van der Waals surface area (Å²) in [5.74, 6) is -0.141. The minimum atomic E-state index is -0.141. The average Bonchev–Trinajstić information content (AvgIpc) is 2.88. The molecule has 0 atom stereocenters. The van der Waals surface area contributed by atoms with Gasteiger partial charge in [-0.2, -0.15) is 5.10 Å². The highest BCUT2D eigenvalue weighted by Gasteiger charge is 2.09. The molecule has 0 aliphatic heterocycles. The van der Waals surface area contributed by atoms with Crippen LogP contribution in [0.25, 0.3) is 11.0 Å². The quantitative estimate of drug-likeness (QED) is 0.736. The van der Waals surface area contributed by atoms with E-state index >= 15 is 0 Å². The Kier molecular flexibility index (Phi) is 2.72. The summed E-state index contributed by atoms with van der Waals surface area (Å²) in [7, 11) is 0. The number of aromatic nitrogens is 3. The molecular weight excluding hydrogens is 240 g/mol. The smallest absolute Gasteiger partial charge is 0.255 e. The van der Waals surface area contributed by atoms with Gasteiger partial charge in [0.25, 0.3) is 5.91 Å². The van der Waals surface area contributed by atoms with Gasteiger partial charge in [-0.05, 0) is 25.1 Å². The lowest BCUT2D eigenvalue weighted by Crippen LogP contribution is -2.12. The number of aryl methyl sites for hydroxylation is 1. The lowest BCUT2D eigenvalue weighted by Gasteiger charge is -2.06. The molecule has 3 aromatic rings. The van der Waals surface area contributed by atoms with Crippen molar-refractivity contribution in [3.8, 4) is 0 Å². The largest absolute Gasteiger partial charge is 0.321 e. The van der Waals surface area contributed by atoms with Gasteiger partial charge in [-0.3, -0.25) is 9.89 Å². The second-order valence-electron chi connectivity index (χ2n) is 4.31. The van der Waals surface area contributed by atoms with Crippen LogP contribution in [0.3, 0.4) is 0 Å². The molecule has 2 aromatic heterocycles. The first-order chi connectivity index (χ1) is 9.24. The van der Waals surface area contributed by atoms with E-state index in [9.17, 15) is 4.79 Å². The minimum absolute atomic E-state index is 0.141. The van der Waals surface area contributed by atoms with E-state index < -0.39 is 0 Å². The number of aromatic amines is 1. The molecule has 0 saturated heterocycles. The van der Waals surface area contributed by atoms with Crippen LogP contribution < -0.4 is 5.32 Å². The molecule has 0 radical (unpaired) electrons. The number of hydrogen-bond donors (Lipinski definition) is 2. The van der Waals surface area contributed by atoms with Crippen LogP contribution in [0, 0.1) is 6.92 Å². The van der Waals surface area contributed by atoms with E-state index in [1.165, 1.54) is 0 Å². The Morgan fingerprint density at radius 1 is 1.32 bits per heavy atom. The molecule has 19 heavy (non-hydrogen) atoms. The highest BCUT2D eigenvalue weighted by atomic mass is 16.1. The summed E-state index contributed by atoms with van der Waals surface area (Å²) in [5, 5.41) is 10.4. The molecule has 0 unspecified atom stereocenters. The van der Waals surface area contributed by atoms with E-state index in [1.807, 2.05) is 25.1 Å². The number of H-pyrrole nitrogens is 1. The fourth-order valence-electron chi connectivity index (χ4n) is 1.94. The maximum absolute atomic E-state index is 12.2. The second kappa shape index (κ2) is 4.53. The number of carbonyl (C=O) groups is 1. The first-order valence-corrected chi connectivity index (χ1v) is 5.90. The maximum atomic E-state index is 12.2. The molecule has 0 spiro atoms. The Morgan fingerprint density at radius 3 is 3.05 bits per heavy atom. The van der Waals surface area contributed by atoms with E-state index in [0.717, 1.165) is 10.9 Å². The van der Waals surface area contributed by atoms with Gasteiger partial charge in [0.1, 0.15) is 0 Å². The van der Waals surface area contributed by atoms with Crippen molar-refractivity contribution in [1.29, 1.82) is 0 Å². The Balaban J connectivity index is 1.93.